The van der Waals surface area contributed by atoms with Gasteiger partial charge >= 0.3 is 0 Å². The van der Waals surface area contributed by atoms with Crippen LogP contribution in [-0.2, 0) is 10.0 Å². The number of aromatic nitrogens is 2. The van der Waals surface area contributed by atoms with Crippen LogP contribution in [0.25, 0.3) is 5.69 Å². The Labute approximate surface area is 157 Å². The van der Waals surface area contributed by atoms with Gasteiger partial charge in [-0.2, -0.15) is 18.6 Å². The number of hydrogen-bond donors (Lipinski definition) is 1. The Morgan fingerprint density at radius 1 is 1.08 bits per heavy atom. The number of nitrogens with zero attached hydrogens (tertiary/aromatic N) is 3. The molecule has 26 heavy (non-hydrogen) atoms. The second kappa shape index (κ2) is 7.31. The van der Waals surface area contributed by atoms with E-state index in [0.29, 0.717) is 5.02 Å². The Morgan fingerprint density at radius 2 is 1.73 bits per heavy atom. The molecule has 2 aromatic carbocycles. The Kier molecular flexibility index (Phi) is 5.11. The van der Waals surface area contributed by atoms with E-state index in [2.05, 4.69) is 15.0 Å². The van der Waals surface area contributed by atoms with Gasteiger partial charge in [-0.25, -0.2) is 9.51 Å². The van der Waals surface area contributed by atoms with E-state index in [1.807, 2.05) is 44.2 Å². The number of hydrogen-bond acceptors (Lipinski definition) is 4. The molecule has 0 saturated carbocycles. The smallest absolute Gasteiger partial charge is 0.237 e. The third-order valence-corrected chi connectivity index (χ3v) is 5.33. The number of sulfonamides is 1. The van der Waals surface area contributed by atoms with Gasteiger partial charge in [0.1, 0.15) is 0 Å². The minimum atomic E-state index is -3.75. The molecule has 0 aliphatic carbocycles. The van der Waals surface area contributed by atoms with Crippen LogP contribution in [-0.4, -0.2) is 24.4 Å². The molecule has 1 N–H and O–H groups in total. The Hall–Kier alpha value is -2.64. The number of aryl methyl sites for hydroxylation is 1. The summed E-state index contributed by atoms with van der Waals surface area (Å²) in [5.74, 6) is 0. The lowest BCUT2D eigenvalue weighted by Crippen LogP contribution is -2.18. The second-order valence-electron chi connectivity index (χ2n) is 5.64. The van der Waals surface area contributed by atoms with Crippen LogP contribution in [0.5, 0.6) is 0 Å². The number of nitrogens with one attached hydrogen (secondary N) is 1. The normalized spacial score (nSPS) is 11.8. The van der Waals surface area contributed by atoms with Crippen molar-refractivity contribution in [2.24, 2.45) is 5.10 Å². The minimum Gasteiger partial charge on any atom is -0.237 e. The van der Waals surface area contributed by atoms with Crippen LogP contribution in [0, 0.1) is 13.8 Å². The number of para-hydroxylation sites is 1. The van der Waals surface area contributed by atoms with Gasteiger partial charge in [-0.3, -0.25) is 0 Å². The zero-order chi connectivity index (χ0) is 18.7. The van der Waals surface area contributed by atoms with Crippen LogP contribution in [0.4, 0.5) is 0 Å². The largest absolute Gasteiger partial charge is 0.276 e. The molecule has 1 heterocycles. The van der Waals surface area contributed by atoms with Gasteiger partial charge in [-0.15, -0.1) is 0 Å². The third-order valence-electron chi connectivity index (χ3n) is 3.84. The molecule has 0 atom stereocenters. The lowest BCUT2D eigenvalue weighted by atomic mass is 10.2. The molecule has 0 fully saturated rings. The van der Waals surface area contributed by atoms with Crippen LogP contribution >= 0.6 is 11.6 Å². The van der Waals surface area contributed by atoms with Crippen molar-refractivity contribution >= 4 is 27.8 Å². The summed E-state index contributed by atoms with van der Waals surface area (Å²) in [4.78, 5) is 2.30. The summed E-state index contributed by atoms with van der Waals surface area (Å²) in [6.07, 6.45) is 1.46. The fourth-order valence-corrected chi connectivity index (χ4v) is 3.41. The highest BCUT2D eigenvalue weighted by Crippen LogP contribution is 2.17. The van der Waals surface area contributed by atoms with Gasteiger partial charge in [0.25, 0.3) is 10.0 Å². The van der Waals surface area contributed by atoms with Crippen molar-refractivity contribution in [3.63, 3.8) is 0 Å². The molecule has 0 spiro atoms. The first-order valence-corrected chi connectivity index (χ1v) is 9.67. The van der Waals surface area contributed by atoms with Crippen LogP contribution < -0.4 is 4.83 Å². The van der Waals surface area contributed by atoms with E-state index < -0.39 is 10.0 Å². The van der Waals surface area contributed by atoms with Crippen molar-refractivity contribution in [3.05, 3.63) is 76.6 Å². The average Bonchev–Trinajstić information content (AvgIpc) is 2.91. The summed E-state index contributed by atoms with van der Waals surface area (Å²) >= 11 is 5.78. The van der Waals surface area contributed by atoms with Gasteiger partial charge in [0.2, 0.25) is 0 Å². The fraction of sp³-hybridized carbons (Fsp3) is 0.111. The quantitative estimate of drug-likeness (QED) is 0.537. The summed E-state index contributed by atoms with van der Waals surface area (Å²) in [7, 11) is -3.75. The first-order valence-electron chi connectivity index (χ1n) is 7.80. The van der Waals surface area contributed by atoms with E-state index in [4.69, 9.17) is 11.6 Å². The van der Waals surface area contributed by atoms with Crippen LogP contribution in [0.2, 0.25) is 5.02 Å². The van der Waals surface area contributed by atoms with Gasteiger partial charge in [0.15, 0.2) is 0 Å². The molecule has 0 bridgehead atoms. The van der Waals surface area contributed by atoms with Crippen molar-refractivity contribution in [1.82, 2.24) is 14.6 Å². The maximum Gasteiger partial charge on any atom is 0.276 e. The minimum absolute atomic E-state index is 0.0903. The fourth-order valence-electron chi connectivity index (χ4n) is 2.49. The van der Waals surface area contributed by atoms with Crippen LogP contribution in [0.1, 0.15) is 17.0 Å². The topological polar surface area (TPSA) is 76.3 Å². The van der Waals surface area contributed by atoms with Crippen molar-refractivity contribution in [1.29, 1.82) is 0 Å². The maximum absolute atomic E-state index is 12.2. The zero-order valence-electron chi connectivity index (χ0n) is 14.2. The molecule has 0 aliphatic heterocycles. The predicted octanol–water partition coefficient (Wildman–Crippen LogP) is 3.45. The molecule has 0 saturated heterocycles. The van der Waals surface area contributed by atoms with Crippen molar-refractivity contribution in [3.8, 4) is 5.69 Å². The first kappa shape index (κ1) is 18.2. The maximum atomic E-state index is 12.2. The average molecular weight is 389 g/mol. The highest BCUT2D eigenvalue weighted by molar-refractivity contribution is 7.89. The molecule has 0 amide bonds. The summed E-state index contributed by atoms with van der Waals surface area (Å²) in [5.41, 5.74) is 3.30. The highest BCUT2D eigenvalue weighted by atomic mass is 35.5. The molecule has 3 rings (SSSR count). The molecule has 134 valence electrons. The lowest BCUT2D eigenvalue weighted by Gasteiger charge is -2.04. The third kappa shape index (κ3) is 3.79. The molecule has 6 nitrogen and oxygen atoms in total. The number of benzene rings is 2. The van der Waals surface area contributed by atoms with E-state index in [-0.39, 0.29) is 4.90 Å². The van der Waals surface area contributed by atoms with E-state index in [1.54, 1.807) is 4.68 Å². The molecule has 0 radical (unpaired) electrons. The van der Waals surface area contributed by atoms with Gasteiger partial charge in [-0.05, 0) is 50.2 Å². The van der Waals surface area contributed by atoms with Crippen molar-refractivity contribution < 1.29 is 8.42 Å². The number of halogens is 1. The number of hydrazone groups is 1. The standard InChI is InChI=1S/C18H17ClN4O2S/c1-13-18(14(2)23(21-13)16-6-4-3-5-7-16)12-20-22-26(24,25)17-10-8-15(19)9-11-17/h3-12,22H,1-2H3. The van der Waals surface area contributed by atoms with Crippen molar-refractivity contribution in [2.45, 2.75) is 18.7 Å². The monoisotopic (exact) mass is 388 g/mol. The van der Waals surface area contributed by atoms with E-state index in [1.165, 1.54) is 30.5 Å². The van der Waals surface area contributed by atoms with Gasteiger partial charge in [-0.1, -0.05) is 29.8 Å². The molecule has 8 heteroatoms. The van der Waals surface area contributed by atoms with Crippen LogP contribution in [0.3, 0.4) is 0 Å². The zero-order valence-corrected chi connectivity index (χ0v) is 15.8. The predicted molar refractivity (Wildman–Crippen MR) is 102 cm³/mol. The first-order chi connectivity index (χ1) is 12.4. The SMILES string of the molecule is Cc1nn(-c2ccccc2)c(C)c1C=NNS(=O)(=O)c1ccc(Cl)cc1. The molecule has 1 aromatic heterocycles. The number of rotatable bonds is 5. The molecule has 3 aromatic rings. The van der Waals surface area contributed by atoms with E-state index in [9.17, 15) is 8.42 Å². The molecule has 0 unspecified atom stereocenters. The lowest BCUT2D eigenvalue weighted by molar-refractivity contribution is 0.584. The summed E-state index contributed by atoms with van der Waals surface area (Å²) < 4.78 is 26.3. The van der Waals surface area contributed by atoms with E-state index in [0.717, 1.165) is 22.6 Å². The molecular weight excluding hydrogens is 372 g/mol. The molecule has 0 aliphatic rings. The summed E-state index contributed by atoms with van der Waals surface area (Å²) in [6, 6.07) is 15.6. The summed E-state index contributed by atoms with van der Waals surface area (Å²) in [6.45, 7) is 3.75. The van der Waals surface area contributed by atoms with Crippen molar-refractivity contribution in [2.75, 3.05) is 0 Å². The Morgan fingerprint density at radius 3 is 2.38 bits per heavy atom. The Bertz CT molecular complexity index is 1040. The van der Waals surface area contributed by atoms with Gasteiger partial charge in [0, 0.05) is 10.6 Å². The summed E-state index contributed by atoms with van der Waals surface area (Å²) in [5, 5.41) is 8.85. The second-order valence-corrected chi connectivity index (χ2v) is 7.74. The highest BCUT2D eigenvalue weighted by Gasteiger charge is 2.14. The molecular formula is C18H17ClN4O2S. The van der Waals surface area contributed by atoms with E-state index >= 15 is 0 Å². The Balaban J connectivity index is 1.83. The van der Waals surface area contributed by atoms with Gasteiger partial charge in [0.05, 0.1) is 28.2 Å². The van der Waals surface area contributed by atoms with Crippen LogP contribution in [0.15, 0.2) is 64.6 Å². The van der Waals surface area contributed by atoms with Gasteiger partial charge < -0.3 is 0 Å².